The van der Waals surface area contributed by atoms with Crippen molar-refractivity contribution in [2.45, 2.75) is 4.90 Å². The first kappa shape index (κ1) is 10.6. The van der Waals surface area contributed by atoms with E-state index < -0.39 is 10.0 Å². The highest BCUT2D eigenvalue weighted by molar-refractivity contribution is 7.90. The lowest BCUT2D eigenvalue weighted by molar-refractivity contribution is 0.560. The first-order valence-electron chi connectivity index (χ1n) is 4.57. The third-order valence-electron chi connectivity index (χ3n) is 1.90. The Morgan fingerprint density at radius 1 is 1.06 bits per heavy atom. The molecule has 4 nitrogen and oxygen atoms in total. The van der Waals surface area contributed by atoms with E-state index in [0.29, 0.717) is 5.76 Å². The third-order valence-corrected chi connectivity index (χ3v) is 3.15. The van der Waals surface area contributed by atoms with Crippen LogP contribution in [0.25, 0.3) is 0 Å². The molecule has 2 aromatic rings. The van der Waals surface area contributed by atoms with Crippen molar-refractivity contribution >= 4 is 16.2 Å². The number of benzene rings is 1. The quantitative estimate of drug-likeness (QED) is 0.765. The Hall–Kier alpha value is -1.88. The minimum absolute atomic E-state index is 0.165. The van der Waals surface area contributed by atoms with Crippen molar-refractivity contribution < 1.29 is 12.8 Å². The molecule has 0 bridgehead atoms. The van der Waals surface area contributed by atoms with Crippen molar-refractivity contribution in [1.29, 1.82) is 0 Å². The van der Waals surface area contributed by atoms with Gasteiger partial charge in [-0.05, 0) is 24.3 Å². The van der Waals surface area contributed by atoms with Crippen molar-refractivity contribution in [1.82, 2.24) is 0 Å². The third kappa shape index (κ3) is 2.38. The SMILES string of the molecule is O=S(=O)(/N=C\c1ccco1)c1ccccc1. The summed E-state index contributed by atoms with van der Waals surface area (Å²) in [5.74, 6) is 0.402. The van der Waals surface area contributed by atoms with Gasteiger partial charge in [-0.3, -0.25) is 0 Å². The molecule has 5 heteroatoms. The van der Waals surface area contributed by atoms with Gasteiger partial charge >= 0.3 is 0 Å². The maximum atomic E-state index is 11.7. The fourth-order valence-corrected chi connectivity index (χ4v) is 2.00. The Bertz CT molecular complexity index is 571. The van der Waals surface area contributed by atoms with Crippen molar-refractivity contribution in [3.05, 3.63) is 54.5 Å². The molecule has 0 amide bonds. The van der Waals surface area contributed by atoms with E-state index in [4.69, 9.17) is 4.42 Å². The van der Waals surface area contributed by atoms with Gasteiger partial charge < -0.3 is 4.42 Å². The topological polar surface area (TPSA) is 59.6 Å². The van der Waals surface area contributed by atoms with E-state index >= 15 is 0 Å². The number of sulfonamides is 1. The molecular weight excluding hydrogens is 226 g/mol. The number of hydrogen-bond donors (Lipinski definition) is 0. The highest BCUT2D eigenvalue weighted by Crippen LogP contribution is 2.11. The molecule has 0 unspecified atom stereocenters. The van der Waals surface area contributed by atoms with Crippen LogP contribution < -0.4 is 0 Å². The number of hydrogen-bond acceptors (Lipinski definition) is 3. The van der Waals surface area contributed by atoms with Gasteiger partial charge in [0.05, 0.1) is 17.4 Å². The minimum atomic E-state index is -3.63. The molecule has 0 saturated heterocycles. The summed E-state index contributed by atoms with van der Waals surface area (Å²) in [4.78, 5) is 0.165. The van der Waals surface area contributed by atoms with Crippen molar-refractivity contribution in [3.8, 4) is 0 Å². The first-order chi connectivity index (χ1) is 7.68. The number of nitrogens with zero attached hydrogens (tertiary/aromatic N) is 1. The van der Waals surface area contributed by atoms with Gasteiger partial charge in [-0.1, -0.05) is 18.2 Å². The predicted molar refractivity (Wildman–Crippen MR) is 59.9 cm³/mol. The van der Waals surface area contributed by atoms with Crippen LogP contribution in [0.3, 0.4) is 0 Å². The van der Waals surface area contributed by atoms with Crippen molar-refractivity contribution in [2.75, 3.05) is 0 Å². The normalized spacial score (nSPS) is 12.0. The monoisotopic (exact) mass is 235 g/mol. The van der Waals surface area contributed by atoms with Gasteiger partial charge in [0, 0.05) is 0 Å². The zero-order valence-electron chi connectivity index (χ0n) is 8.28. The molecule has 0 aliphatic rings. The zero-order chi connectivity index (χ0) is 11.4. The molecule has 0 atom stereocenters. The van der Waals surface area contributed by atoms with E-state index in [9.17, 15) is 8.42 Å². The van der Waals surface area contributed by atoms with E-state index in [2.05, 4.69) is 4.40 Å². The lowest BCUT2D eigenvalue weighted by Gasteiger charge is -1.96. The van der Waals surface area contributed by atoms with Crippen LogP contribution in [-0.2, 0) is 10.0 Å². The van der Waals surface area contributed by atoms with E-state index in [0.717, 1.165) is 0 Å². The molecule has 0 fully saturated rings. The van der Waals surface area contributed by atoms with Gasteiger partial charge in [-0.15, -0.1) is 0 Å². The molecular formula is C11H9NO3S. The van der Waals surface area contributed by atoms with Crippen LogP contribution in [0.2, 0.25) is 0 Å². The van der Waals surface area contributed by atoms with E-state index in [-0.39, 0.29) is 4.90 Å². The Labute approximate surface area is 93.3 Å². The molecule has 16 heavy (non-hydrogen) atoms. The summed E-state index contributed by atoms with van der Waals surface area (Å²) in [5, 5.41) is 0. The van der Waals surface area contributed by atoms with E-state index in [1.807, 2.05) is 0 Å². The summed E-state index contributed by atoms with van der Waals surface area (Å²) in [7, 11) is -3.63. The number of furan rings is 1. The smallest absolute Gasteiger partial charge is 0.282 e. The van der Waals surface area contributed by atoms with Crippen LogP contribution in [0, 0.1) is 0 Å². The molecule has 2 rings (SSSR count). The Balaban J connectivity index is 2.28. The molecule has 82 valence electrons. The van der Waals surface area contributed by atoms with Crippen molar-refractivity contribution in [3.63, 3.8) is 0 Å². The molecule has 0 N–H and O–H groups in total. The largest absolute Gasteiger partial charge is 0.463 e. The molecule has 0 saturated carbocycles. The summed E-state index contributed by atoms with van der Waals surface area (Å²) in [6, 6.07) is 11.3. The summed E-state index contributed by atoms with van der Waals surface area (Å²) < 4.78 is 31.8. The zero-order valence-corrected chi connectivity index (χ0v) is 9.09. The van der Waals surface area contributed by atoms with Crippen LogP contribution in [-0.4, -0.2) is 14.6 Å². The lowest BCUT2D eigenvalue weighted by atomic mass is 10.4. The van der Waals surface area contributed by atoms with Gasteiger partial charge in [0.2, 0.25) is 0 Å². The fourth-order valence-electron chi connectivity index (χ4n) is 1.14. The second-order valence-electron chi connectivity index (χ2n) is 3.04. The van der Waals surface area contributed by atoms with E-state index in [1.165, 1.54) is 24.6 Å². The lowest BCUT2D eigenvalue weighted by Crippen LogP contribution is -1.96. The maximum Gasteiger partial charge on any atom is 0.282 e. The molecule has 0 radical (unpaired) electrons. The van der Waals surface area contributed by atoms with Crippen LogP contribution >= 0.6 is 0 Å². The van der Waals surface area contributed by atoms with Gasteiger partial charge in [0.15, 0.2) is 0 Å². The van der Waals surface area contributed by atoms with E-state index in [1.54, 1.807) is 30.3 Å². The average molecular weight is 235 g/mol. The molecule has 1 aromatic carbocycles. The Morgan fingerprint density at radius 2 is 1.81 bits per heavy atom. The summed E-state index contributed by atoms with van der Waals surface area (Å²) >= 11 is 0. The second-order valence-corrected chi connectivity index (χ2v) is 4.67. The van der Waals surface area contributed by atoms with Gasteiger partial charge in [0.25, 0.3) is 10.0 Å². The first-order valence-corrected chi connectivity index (χ1v) is 6.01. The summed E-state index contributed by atoms with van der Waals surface area (Å²) in [5.41, 5.74) is 0. The highest BCUT2D eigenvalue weighted by Gasteiger charge is 2.10. The Kier molecular flexibility index (Phi) is 2.87. The van der Waals surface area contributed by atoms with Gasteiger partial charge in [0.1, 0.15) is 5.76 Å². The average Bonchev–Trinajstić information content (AvgIpc) is 2.81. The summed E-state index contributed by atoms with van der Waals surface area (Å²) in [6.45, 7) is 0. The molecule has 0 spiro atoms. The molecule has 0 aliphatic heterocycles. The minimum Gasteiger partial charge on any atom is -0.463 e. The molecule has 1 aromatic heterocycles. The van der Waals surface area contributed by atoms with Crippen molar-refractivity contribution in [2.24, 2.45) is 4.40 Å². The standard InChI is InChI=1S/C11H9NO3S/c13-16(14,11-6-2-1-3-7-11)12-9-10-5-4-8-15-10/h1-9H/b12-9-. The van der Waals surface area contributed by atoms with Gasteiger partial charge in [-0.25, -0.2) is 0 Å². The maximum absolute atomic E-state index is 11.7. The van der Waals surface area contributed by atoms with Gasteiger partial charge in [-0.2, -0.15) is 12.8 Å². The van der Waals surface area contributed by atoms with Crippen LogP contribution in [0.15, 0.2) is 62.4 Å². The molecule has 0 aliphatic carbocycles. The van der Waals surface area contributed by atoms with Crippen LogP contribution in [0.5, 0.6) is 0 Å². The highest BCUT2D eigenvalue weighted by atomic mass is 32.2. The van der Waals surface area contributed by atoms with Crippen LogP contribution in [0.4, 0.5) is 0 Å². The molecule has 1 heterocycles. The Morgan fingerprint density at radius 3 is 2.44 bits per heavy atom. The van der Waals surface area contributed by atoms with Crippen LogP contribution in [0.1, 0.15) is 5.76 Å². The predicted octanol–water partition coefficient (Wildman–Crippen LogP) is 2.09. The summed E-state index contributed by atoms with van der Waals surface area (Å²) in [6.07, 6.45) is 2.64. The second kappa shape index (κ2) is 4.32. The fraction of sp³-hybridized carbons (Fsp3) is 0. The number of rotatable bonds is 3.